The van der Waals surface area contributed by atoms with E-state index in [4.69, 9.17) is 0 Å². The van der Waals surface area contributed by atoms with Crippen LogP contribution in [0.2, 0.25) is 174 Å². The van der Waals surface area contributed by atoms with E-state index >= 15 is 0 Å². The van der Waals surface area contributed by atoms with Gasteiger partial charge in [0.25, 0.3) is 0 Å². The molecule has 2 saturated heterocycles. The van der Waals surface area contributed by atoms with Crippen LogP contribution in [0.15, 0.2) is 0 Å². The molecule has 0 aliphatic carbocycles. The van der Waals surface area contributed by atoms with Crippen molar-refractivity contribution in [1.29, 1.82) is 0 Å². The van der Waals surface area contributed by atoms with Crippen molar-refractivity contribution in [3.05, 3.63) is 0 Å². The van der Waals surface area contributed by atoms with Crippen LogP contribution in [0.4, 0.5) is 0 Å². The standard InChI is InChI=1S/C32H80GeSi10/c1-36(2,3)29(37(4,5)6)25-26-30(38(7,8)9,39(10,11)12)34(29)33-35-31(40(13,14)15,41(16,17)18)27-28-32(35,42(19,20)21)43(22,23)24/h25-28H2,1-24H3. The Labute approximate surface area is 289 Å². The van der Waals surface area contributed by atoms with E-state index in [0.717, 1.165) is 17.1 Å². The van der Waals surface area contributed by atoms with E-state index in [9.17, 15) is 0 Å². The molecule has 0 unspecified atom stereocenters. The van der Waals surface area contributed by atoms with Crippen molar-refractivity contribution in [2.24, 2.45) is 0 Å². The van der Waals surface area contributed by atoms with Crippen LogP contribution >= 0.6 is 0 Å². The molecule has 0 atom stereocenters. The fraction of sp³-hybridized carbons (Fsp3) is 1.00. The van der Waals surface area contributed by atoms with Gasteiger partial charge in [0, 0.05) is 0 Å². The molecule has 252 valence electrons. The molecule has 2 aliphatic heterocycles. The third-order valence-electron chi connectivity index (χ3n) is 13.9. The number of hydrogen-bond donors (Lipinski definition) is 0. The predicted octanol–water partition coefficient (Wildman–Crippen LogP) is 12.2. The third kappa shape index (κ3) is 5.99. The Balaban J connectivity index is 3.74. The molecule has 43 heavy (non-hydrogen) atoms. The minimum absolute atomic E-state index is 0.00630. The summed E-state index contributed by atoms with van der Waals surface area (Å²) in [5, 5.41) is 0. The molecule has 2 rings (SSSR count). The molecular weight excluding hydrogens is 738 g/mol. The molecule has 0 saturated carbocycles. The normalized spacial score (nSPS) is 23.5. The zero-order valence-electron chi connectivity index (χ0n) is 34.3. The van der Waals surface area contributed by atoms with Crippen molar-refractivity contribution in [1.82, 2.24) is 0 Å². The molecule has 0 amide bonds. The molecule has 0 aromatic rings. The van der Waals surface area contributed by atoms with Crippen LogP contribution in [-0.4, -0.2) is 91.5 Å². The van der Waals surface area contributed by atoms with Crippen LogP contribution in [0.5, 0.6) is 0 Å². The van der Waals surface area contributed by atoms with Gasteiger partial charge < -0.3 is 0 Å². The van der Waals surface area contributed by atoms with Crippen LogP contribution < -0.4 is 0 Å². The van der Waals surface area contributed by atoms with Crippen LogP contribution in [0.3, 0.4) is 0 Å². The predicted molar refractivity (Wildman–Crippen MR) is 233 cm³/mol. The minimum atomic E-state index is -1.42. The molecule has 0 N–H and O–H groups in total. The molecule has 0 radical (unpaired) electrons. The van der Waals surface area contributed by atoms with Gasteiger partial charge >= 0.3 is 291 Å². The summed E-state index contributed by atoms with van der Waals surface area (Å²) in [5.41, 5.74) is 0. The van der Waals surface area contributed by atoms with Gasteiger partial charge in [-0.2, -0.15) is 0 Å². The summed E-state index contributed by atoms with van der Waals surface area (Å²) in [6.45, 7) is 68.9. The number of hydrogen-bond acceptors (Lipinski definition) is 0. The summed E-state index contributed by atoms with van der Waals surface area (Å²) in [4.78, 5) is 0. The van der Waals surface area contributed by atoms with Gasteiger partial charge in [-0.25, -0.2) is 0 Å². The summed E-state index contributed by atoms with van der Waals surface area (Å²) in [6.07, 6.45) is 6.67. The van der Waals surface area contributed by atoms with E-state index in [2.05, 4.69) is 157 Å². The monoisotopic (exact) mass is 818 g/mol. The third-order valence-corrected chi connectivity index (χ3v) is 118. The van der Waals surface area contributed by atoms with Gasteiger partial charge in [0.1, 0.15) is 0 Å². The molecular formula is C32H80GeSi10. The second kappa shape index (κ2) is 11.6. The van der Waals surface area contributed by atoms with E-state index < -0.39 is 78.3 Å². The molecule has 2 fully saturated rings. The maximum atomic E-state index is 2.91. The summed E-state index contributed by atoms with van der Waals surface area (Å²) < 4.78 is 3.28. The zero-order chi connectivity index (χ0) is 34.7. The van der Waals surface area contributed by atoms with Gasteiger partial charge in [-0.3, -0.25) is 0 Å². The van der Waals surface area contributed by atoms with Gasteiger partial charge in [-0.05, 0) is 0 Å². The molecule has 0 spiro atoms. The zero-order valence-corrected chi connectivity index (χ0v) is 46.4. The van der Waals surface area contributed by atoms with E-state index in [1.807, 2.05) is 0 Å². The van der Waals surface area contributed by atoms with Crippen LogP contribution in [0, 0.1) is 0 Å². The molecule has 0 nitrogen and oxygen atoms in total. The van der Waals surface area contributed by atoms with Crippen LogP contribution in [0.1, 0.15) is 25.7 Å². The molecule has 11 heteroatoms. The Kier molecular flexibility index (Phi) is 11.3. The first-order valence-corrected chi connectivity index (χ1v) is 55.2. The molecule has 2 aliphatic rings. The van der Waals surface area contributed by atoms with Crippen molar-refractivity contribution in [3.8, 4) is 0 Å². The van der Waals surface area contributed by atoms with Crippen LogP contribution in [0.25, 0.3) is 0 Å². The molecule has 0 bridgehead atoms. The Morgan fingerprint density at radius 2 is 0.395 bits per heavy atom. The average Bonchev–Trinajstić information content (AvgIpc) is 3.21. The summed E-state index contributed by atoms with van der Waals surface area (Å²) >= 11 is -0.00630. The quantitative estimate of drug-likeness (QED) is 0.214. The summed E-state index contributed by atoms with van der Waals surface area (Å²) in [5.74, 6) is 0. The van der Waals surface area contributed by atoms with Gasteiger partial charge in [0.05, 0.1) is 0 Å². The van der Waals surface area contributed by atoms with Gasteiger partial charge in [0.15, 0.2) is 0 Å². The fourth-order valence-corrected chi connectivity index (χ4v) is 200. The SMILES string of the molecule is C[Si](C)(C)C1([Si](C)(C)C)CCC([Si](C)(C)C)([Si](C)(C)C)[Si]1=[Ge]=[Si]1C([Si](C)(C)C)([Si](C)(C)C)CCC1([Si](C)(C)C)[Si](C)(C)C. The van der Waals surface area contributed by atoms with Crippen molar-refractivity contribution in [2.45, 2.75) is 200 Å². The van der Waals surface area contributed by atoms with Gasteiger partial charge in [-0.1, -0.05) is 0 Å². The Morgan fingerprint density at radius 1 is 0.279 bits per heavy atom. The average molecular weight is 818 g/mol. The van der Waals surface area contributed by atoms with E-state index in [0.29, 0.717) is 0 Å². The Hall–Kier alpha value is 2.71. The second-order valence-corrected chi connectivity index (χ2v) is 89.3. The maximum absolute atomic E-state index is 2.91. The number of rotatable bonds is 8. The first-order chi connectivity index (χ1) is 18.4. The van der Waals surface area contributed by atoms with Crippen molar-refractivity contribution >= 4 is 91.5 Å². The topological polar surface area (TPSA) is 0 Å². The van der Waals surface area contributed by atoms with E-state index in [-0.39, 0.29) is 13.1 Å². The van der Waals surface area contributed by atoms with Crippen molar-refractivity contribution < 1.29 is 0 Å². The summed E-state index contributed by atoms with van der Waals surface area (Å²) in [7, 11) is -11.4. The summed E-state index contributed by atoms with van der Waals surface area (Å²) in [6, 6.07) is 0. The fourth-order valence-electron chi connectivity index (χ4n) is 13.0. The molecule has 0 aromatic carbocycles. The van der Waals surface area contributed by atoms with Gasteiger partial charge in [0.2, 0.25) is 0 Å². The first kappa shape index (κ1) is 41.9. The first-order valence-electron chi connectivity index (χ1n) is 17.9. The van der Waals surface area contributed by atoms with Crippen LogP contribution in [-0.2, 0) is 0 Å². The van der Waals surface area contributed by atoms with Gasteiger partial charge in [-0.15, -0.1) is 0 Å². The molecule has 2 heterocycles. The Bertz CT molecular complexity index is 912. The molecule has 0 aromatic heterocycles. The van der Waals surface area contributed by atoms with E-state index in [1.54, 1.807) is 25.7 Å². The van der Waals surface area contributed by atoms with Crippen molar-refractivity contribution in [3.63, 3.8) is 0 Å². The van der Waals surface area contributed by atoms with Crippen molar-refractivity contribution in [2.75, 3.05) is 0 Å². The Morgan fingerprint density at radius 3 is 0.488 bits per heavy atom. The second-order valence-electron chi connectivity index (χ2n) is 23.5. The van der Waals surface area contributed by atoms with E-state index in [1.165, 1.54) is 0 Å².